The molecule has 1 atom stereocenters. The van der Waals surface area contributed by atoms with Crippen molar-refractivity contribution in [3.8, 4) is 0 Å². The molecule has 1 heterocycles. The minimum Gasteiger partial charge on any atom is -0.309 e. The van der Waals surface area contributed by atoms with Crippen molar-refractivity contribution in [3.63, 3.8) is 0 Å². The van der Waals surface area contributed by atoms with Crippen LogP contribution in [0.3, 0.4) is 0 Å². The molecule has 0 spiro atoms. The summed E-state index contributed by atoms with van der Waals surface area (Å²) in [6.07, 6.45) is 2.65. The van der Waals surface area contributed by atoms with Crippen LogP contribution >= 0.6 is 0 Å². The summed E-state index contributed by atoms with van der Waals surface area (Å²) in [7, 11) is 0. The van der Waals surface area contributed by atoms with E-state index in [1.54, 1.807) is 0 Å². The van der Waals surface area contributed by atoms with Crippen LogP contribution in [-0.4, -0.2) is 30.1 Å². The molecule has 1 N–H and O–H groups in total. The number of hydrogen-bond donors (Lipinski definition) is 1. The normalized spacial score (nSPS) is 20.2. The van der Waals surface area contributed by atoms with E-state index in [0.29, 0.717) is 11.6 Å². The Balaban J connectivity index is 2.18. The molecule has 1 aromatic rings. The van der Waals surface area contributed by atoms with Gasteiger partial charge in [-0.2, -0.15) is 0 Å². The standard InChI is InChI=1S/C18H30N2/c1-6-19-17(13-20-11-7-10-18(20,4)5)16-9-8-14(2)12-15(16)3/h8-9,12,17,19H,6-7,10-11,13H2,1-5H3. The summed E-state index contributed by atoms with van der Waals surface area (Å²) < 4.78 is 0. The van der Waals surface area contributed by atoms with Crippen molar-refractivity contribution in [3.05, 3.63) is 34.9 Å². The van der Waals surface area contributed by atoms with E-state index in [1.807, 2.05) is 0 Å². The Morgan fingerprint density at radius 1 is 1.30 bits per heavy atom. The predicted molar refractivity (Wildman–Crippen MR) is 87.2 cm³/mol. The zero-order valence-corrected chi connectivity index (χ0v) is 13.8. The third-order valence-electron chi connectivity index (χ3n) is 4.73. The minimum atomic E-state index is 0.353. The highest BCUT2D eigenvalue weighted by Crippen LogP contribution is 2.31. The summed E-state index contributed by atoms with van der Waals surface area (Å²) in [5, 5.41) is 3.68. The molecule has 1 fully saturated rings. The van der Waals surface area contributed by atoms with Crippen LogP contribution in [0.4, 0.5) is 0 Å². The molecule has 1 aliphatic rings. The number of likely N-dealkylation sites (N-methyl/N-ethyl adjacent to an activating group) is 1. The van der Waals surface area contributed by atoms with E-state index in [0.717, 1.165) is 13.1 Å². The Morgan fingerprint density at radius 3 is 2.60 bits per heavy atom. The third-order valence-corrected chi connectivity index (χ3v) is 4.73. The maximum atomic E-state index is 3.68. The molecule has 2 rings (SSSR count). The lowest BCUT2D eigenvalue weighted by atomic mass is 9.96. The van der Waals surface area contributed by atoms with Gasteiger partial charge in [0.1, 0.15) is 0 Å². The van der Waals surface area contributed by atoms with E-state index >= 15 is 0 Å². The molecule has 1 saturated heterocycles. The van der Waals surface area contributed by atoms with Gasteiger partial charge in [0.25, 0.3) is 0 Å². The second kappa shape index (κ2) is 6.28. The molecule has 0 bridgehead atoms. The fourth-order valence-corrected chi connectivity index (χ4v) is 3.46. The van der Waals surface area contributed by atoms with Crippen molar-refractivity contribution in [2.45, 2.75) is 59.0 Å². The molecular weight excluding hydrogens is 244 g/mol. The lowest BCUT2D eigenvalue weighted by molar-refractivity contribution is 0.157. The first-order valence-corrected chi connectivity index (χ1v) is 7.99. The zero-order chi connectivity index (χ0) is 14.8. The number of aryl methyl sites for hydroxylation is 2. The highest BCUT2D eigenvalue weighted by molar-refractivity contribution is 5.33. The molecule has 20 heavy (non-hydrogen) atoms. The van der Waals surface area contributed by atoms with Crippen molar-refractivity contribution in [1.82, 2.24) is 10.2 Å². The zero-order valence-electron chi connectivity index (χ0n) is 13.8. The molecule has 1 unspecified atom stereocenters. The second-order valence-corrected chi connectivity index (χ2v) is 6.83. The van der Waals surface area contributed by atoms with Crippen LogP contribution in [-0.2, 0) is 0 Å². The monoisotopic (exact) mass is 274 g/mol. The molecule has 0 amide bonds. The first-order chi connectivity index (χ1) is 9.44. The van der Waals surface area contributed by atoms with Gasteiger partial charge in [-0.3, -0.25) is 4.90 Å². The molecule has 112 valence electrons. The summed E-state index contributed by atoms with van der Waals surface area (Å²) in [4.78, 5) is 2.65. The number of hydrogen-bond acceptors (Lipinski definition) is 2. The van der Waals surface area contributed by atoms with Crippen molar-refractivity contribution < 1.29 is 0 Å². The Bertz CT molecular complexity index is 451. The molecule has 1 aliphatic heterocycles. The van der Waals surface area contributed by atoms with Crippen molar-refractivity contribution in [1.29, 1.82) is 0 Å². The van der Waals surface area contributed by atoms with Gasteiger partial charge >= 0.3 is 0 Å². The summed E-state index contributed by atoms with van der Waals surface area (Å²) in [6, 6.07) is 7.29. The van der Waals surface area contributed by atoms with Gasteiger partial charge in [0.15, 0.2) is 0 Å². The van der Waals surface area contributed by atoms with E-state index < -0.39 is 0 Å². The van der Waals surface area contributed by atoms with Gasteiger partial charge in [-0.1, -0.05) is 30.7 Å². The molecular formula is C18H30N2. The van der Waals surface area contributed by atoms with Gasteiger partial charge < -0.3 is 5.32 Å². The Morgan fingerprint density at radius 2 is 2.05 bits per heavy atom. The largest absolute Gasteiger partial charge is 0.309 e. The average molecular weight is 274 g/mol. The minimum absolute atomic E-state index is 0.353. The van der Waals surface area contributed by atoms with Crippen LogP contribution < -0.4 is 5.32 Å². The number of nitrogens with one attached hydrogen (secondary N) is 1. The summed E-state index contributed by atoms with van der Waals surface area (Å²) in [5.74, 6) is 0. The first-order valence-electron chi connectivity index (χ1n) is 7.99. The van der Waals surface area contributed by atoms with E-state index in [1.165, 1.54) is 36.1 Å². The maximum absolute atomic E-state index is 3.68. The quantitative estimate of drug-likeness (QED) is 0.878. The average Bonchev–Trinajstić information content (AvgIpc) is 2.68. The highest BCUT2D eigenvalue weighted by Gasteiger charge is 2.33. The Kier molecular flexibility index (Phi) is 4.87. The SMILES string of the molecule is CCNC(CN1CCCC1(C)C)c1ccc(C)cc1C. The number of rotatable bonds is 5. The van der Waals surface area contributed by atoms with Crippen LogP contribution in [0, 0.1) is 13.8 Å². The van der Waals surface area contributed by atoms with Gasteiger partial charge in [-0.05, 0) is 64.8 Å². The molecule has 0 aliphatic carbocycles. The fourth-order valence-electron chi connectivity index (χ4n) is 3.46. The van der Waals surface area contributed by atoms with Crippen molar-refractivity contribution in [2.24, 2.45) is 0 Å². The van der Waals surface area contributed by atoms with Gasteiger partial charge in [0, 0.05) is 18.1 Å². The van der Waals surface area contributed by atoms with Gasteiger partial charge in [0.05, 0.1) is 0 Å². The summed E-state index contributed by atoms with van der Waals surface area (Å²) in [6.45, 7) is 14.7. The van der Waals surface area contributed by atoms with Crippen LogP contribution in [0.1, 0.15) is 56.3 Å². The number of benzene rings is 1. The van der Waals surface area contributed by atoms with E-state index in [9.17, 15) is 0 Å². The molecule has 1 aromatic carbocycles. The van der Waals surface area contributed by atoms with Crippen molar-refractivity contribution in [2.75, 3.05) is 19.6 Å². The Hall–Kier alpha value is -0.860. The maximum Gasteiger partial charge on any atom is 0.0452 e. The van der Waals surface area contributed by atoms with Crippen LogP contribution in [0.5, 0.6) is 0 Å². The molecule has 0 saturated carbocycles. The van der Waals surface area contributed by atoms with Crippen LogP contribution in [0.25, 0.3) is 0 Å². The molecule has 0 radical (unpaired) electrons. The molecule has 2 nitrogen and oxygen atoms in total. The van der Waals surface area contributed by atoms with E-state index in [4.69, 9.17) is 0 Å². The van der Waals surface area contributed by atoms with Crippen LogP contribution in [0.2, 0.25) is 0 Å². The Labute approximate surface area is 124 Å². The summed E-state index contributed by atoms with van der Waals surface area (Å²) >= 11 is 0. The lowest BCUT2D eigenvalue weighted by Crippen LogP contribution is -2.43. The predicted octanol–water partition coefficient (Wildman–Crippen LogP) is 3.83. The highest BCUT2D eigenvalue weighted by atomic mass is 15.2. The third kappa shape index (κ3) is 3.42. The van der Waals surface area contributed by atoms with Crippen molar-refractivity contribution >= 4 is 0 Å². The van der Waals surface area contributed by atoms with Crippen LogP contribution in [0.15, 0.2) is 18.2 Å². The molecule has 0 aromatic heterocycles. The lowest BCUT2D eigenvalue weighted by Gasteiger charge is -2.35. The first kappa shape index (κ1) is 15.5. The van der Waals surface area contributed by atoms with Gasteiger partial charge in [-0.15, -0.1) is 0 Å². The molecule has 2 heteroatoms. The smallest absolute Gasteiger partial charge is 0.0452 e. The van der Waals surface area contributed by atoms with E-state index in [2.05, 4.69) is 63.0 Å². The number of likely N-dealkylation sites (tertiary alicyclic amines) is 1. The van der Waals surface area contributed by atoms with E-state index in [-0.39, 0.29) is 0 Å². The second-order valence-electron chi connectivity index (χ2n) is 6.83. The summed E-state index contributed by atoms with van der Waals surface area (Å²) in [5.41, 5.74) is 4.57. The topological polar surface area (TPSA) is 15.3 Å². The van der Waals surface area contributed by atoms with Gasteiger partial charge in [-0.25, -0.2) is 0 Å². The van der Waals surface area contributed by atoms with Gasteiger partial charge in [0.2, 0.25) is 0 Å². The fraction of sp³-hybridized carbons (Fsp3) is 0.667. The number of nitrogens with zero attached hydrogens (tertiary/aromatic N) is 1.